The maximum absolute atomic E-state index is 12.2. The van der Waals surface area contributed by atoms with Crippen LogP contribution < -0.4 is 10.1 Å². The number of benzene rings is 2. The maximum atomic E-state index is 12.2. The molecule has 4 heteroatoms. The molecule has 0 aliphatic carbocycles. The van der Waals surface area contributed by atoms with Gasteiger partial charge in [0.1, 0.15) is 5.75 Å². The minimum absolute atomic E-state index is 0.0877. The van der Waals surface area contributed by atoms with Gasteiger partial charge in [-0.3, -0.25) is 4.79 Å². The molecule has 1 aromatic heterocycles. The summed E-state index contributed by atoms with van der Waals surface area (Å²) < 4.78 is 5.16. The Hall–Kier alpha value is -2.85. The van der Waals surface area contributed by atoms with Crippen LogP contribution in [-0.2, 0) is 0 Å². The van der Waals surface area contributed by atoms with E-state index in [-0.39, 0.29) is 5.91 Å². The van der Waals surface area contributed by atoms with E-state index in [1.165, 1.54) is 11.3 Å². The number of rotatable bonds is 5. The summed E-state index contributed by atoms with van der Waals surface area (Å²) in [6, 6.07) is 19.2. The average Bonchev–Trinajstić information content (AvgIpc) is 3.16. The predicted molar refractivity (Wildman–Crippen MR) is 101 cm³/mol. The average molecular weight is 335 g/mol. The van der Waals surface area contributed by atoms with Gasteiger partial charge in [0.05, 0.1) is 12.0 Å². The number of ether oxygens (including phenoxy) is 1. The Bertz CT molecular complexity index is 836. The second-order valence-electron chi connectivity index (χ2n) is 5.13. The lowest BCUT2D eigenvalue weighted by Crippen LogP contribution is -2.10. The minimum atomic E-state index is -0.0877. The van der Waals surface area contributed by atoms with Gasteiger partial charge in [-0.05, 0) is 40.8 Å². The van der Waals surface area contributed by atoms with Crippen LogP contribution in [0.15, 0.2) is 66.0 Å². The quantitative estimate of drug-likeness (QED) is 0.653. The Kier molecular flexibility index (Phi) is 5.08. The molecule has 0 radical (unpaired) electrons. The molecule has 0 unspecified atom stereocenters. The minimum Gasteiger partial charge on any atom is -0.497 e. The van der Waals surface area contributed by atoms with Crippen LogP contribution in [-0.4, -0.2) is 13.0 Å². The Morgan fingerprint density at radius 2 is 1.79 bits per heavy atom. The van der Waals surface area contributed by atoms with Crippen LogP contribution in [0.5, 0.6) is 5.75 Å². The third-order valence-electron chi connectivity index (χ3n) is 3.53. The molecule has 0 atom stereocenters. The molecule has 0 aliphatic heterocycles. The maximum Gasteiger partial charge on any atom is 0.265 e. The molecule has 3 aromatic rings. The number of methoxy groups -OCH3 is 1. The van der Waals surface area contributed by atoms with Crippen molar-refractivity contribution in [2.75, 3.05) is 12.4 Å². The number of para-hydroxylation sites is 1. The lowest BCUT2D eigenvalue weighted by molar-refractivity contribution is 0.103. The Balaban J connectivity index is 1.78. The standard InChI is InChI=1S/C20H17NO2S/c1-23-17-12-9-15(10-13-17)8-11-16-5-2-3-6-18(16)21-20(22)19-7-4-14-24-19/h2-14H,1H3,(H,21,22)/b11-8+. The summed E-state index contributed by atoms with van der Waals surface area (Å²) in [5, 5.41) is 4.86. The van der Waals surface area contributed by atoms with E-state index in [2.05, 4.69) is 5.32 Å². The number of thiophene rings is 1. The number of amides is 1. The largest absolute Gasteiger partial charge is 0.497 e. The first-order valence-corrected chi connectivity index (χ1v) is 8.40. The van der Waals surface area contributed by atoms with Crippen LogP contribution in [0, 0.1) is 0 Å². The van der Waals surface area contributed by atoms with Crippen LogP contribution in [0.25, 0.3) is 12.2 Å². The molecule has 1 heterocycles. The zero-order chi connectivity index (χ0) is 16.8. The van der Waals surface area contributed by atoms with E-state index in [4.69, 9.17) is 4.74 Å². The van der Waals surface area contributed by atoms with Crippen LogP contribution >= 0.6 is 11.3 Å². The zero-order valence-electron chi connectivity index (χ0n) is 13.2. The first-order valence-electron chi connectivity index (χ1n) is 7.52. The van der Waals surface area contributed by atoms with Crippen molar-refractivity contribution < 1.29 is 9.53 Å². The highest BCUT2D eigenvalue weighted by molar-refractivity contribution is 7.12. The lowest BCUT2D eigenvalue weighted by Gasteiger charge is -2.07. The normalized spacial score (nSPS) is 10.7. The molecule has 3 nitrogen and oxygen atoms in total. The van der Waals surface area contributed by atoms with Gasteiger partial charge < -0.3 is 10.1 Å². The molecule has 0 saturated heterocycles. The van der Waals surface area contributed by atoms with E-state index in [0.717, 1.165) is 22.6 Å². The van der Waals surface area contributed by atoms with Gasteiger partial charge in [0, 0.05) is 5.69 Å². The van der Waals surface area contributed by atoms with Crippen LogP contribution in [0.1, 0.15) is 20.8 Å². The fraction of sp³-hybridized carbons (Fsp3) is 0.0500. The summed E-state index contributed by atoms with van der Waals surface area (Å²) in [5.74, 6) is 0.742. The van der Waals surface area contributed by atoms with Gasteiger partial charge in [-0.15, -0.1) is 11.3 Å². The van der Waals surface area contributed by atoms with Gasteiger partial charge in [-0.2, -0.15) is 0 Å². The van der Waals surface area contributed by atoms with E-state index >= 15 is 0 Å². The highest BCUT2D eigenvalue weighted by Gasteiger charge is 2.08. The molecule has 0 fully saturated rings. The molecule has 120 valence electrons. The van der Waals surface area contributed by atoms with Crippen molar-refractivity contribution in [3.8, 4) is 5.75 Å². The third kappa shape index (κ3) is 3.91. The SMILES string of the molecule is COc1ccc(/C=C/c2ccccc2NC(=O)c2cccs2)cc1. The van der Waals surface area contributed by atoms with Crippen molar-refractivity contribution in [1.29, 1.82) is 0 Å². The molecular weight excluding hydrogens is 318 g/mol. The van der Waals surface area contributed by atoms with Crippen LogP contribution in [0.2, 0.25) is 0 Å². The summed E-state index contributed by atoms with van der Waals surface area (Å²) in [6.45, 7) is 0. The van der Waals surface area contributed by atoms with Crippen LogP contribution in [0.3, 0.4) is 0 Å². The second kappa shape index (κ2) is 7.62. The number of anilines is 1. The molecule has 3 rings (SSSR count). The number of nitrogens with one attached hydrogen (secondary N) is 1. The smallest absolute Gasteiger partial charge is 0.265 e. The molecule has 0 spiro atoms. The molecule has 2 aromatic carbocycles. The van der Waals surface area contributed by atoms with Crippen LogP contribution in [0.4, 0.5) is 5.69 Å². The van der Waals surface area contributed by atoms with Crippen molar-refractivity contribution in [2.45, 2.75) is 0 Å². The first-order chi connectivity index (χ1) is 11.8. The van der Waals surface area contributed by atoms with E-state index in [1.54, 1.807) is 7.11 Å². The third-order valence-corrected chi connectivity index (χ3v) is 4.39. The van der Waals surface area contributed by atoms with Crippen molar-refractivity contribution >= 4 is 35.1 Å². The highest BCUT2D eigenvalue weighted by Crippen LogP contribution is 2.21. The number of carbonyl (C=O) groups is 1. The Labute approximate surface area is 145 Å². The summed E-state index contributed by atoms with van der Waals surface area (Å²) in [6.07, 6.45) is 4.00. The fourth-order valence-electron chi connectivity index (χ4n) is 2.25. The van der Waals surface area contributed by atoms with Crippen molar-refractivity contribution in [3.05, 3.63) is 82.0 Å². The van der Waals surface area contributed by atoms with Gasteiger partial charge in [0.15, 0.2) is 0 Å². The van der Waals surface area contributed by atoms with Gasteiger partial charge in [-0.25, -0.2) is 0 Å². The summed E-state index contributed by atoms with van der Waals surface area (Å²) >= 11 is 1.43. The molecule has 0 bridgehead atoms. The van der Waals surface area contributed by atoms with E-state index < -0.39 is 0 Å². The topological polar surface area (TPSA) is 38.3 Å². The summed E-state index contributed by atoms with van der Waals surface area (Å²) in [4.78, 5) is 12.9. The van der Waals surface area contributed by atoms with E-state index in [1.807, 2.05) is 78.2 Å². The monoisotopic (exact) mass is 335 g/mol. The number of carbonyl (C=O) groups excluding carboxylic acids is 1. The molecule has 1 amide bonds. The highest BCUT2D eigenvalue weighted by atomic mass is 32.1. The fourth-order valence-corrected chi connectivity index (χ4v) is 2.87. The Morgan fingerprint density at radius 1 is 1.00 bits per heavy atom. The molecule has 1 N–H and O–H groups in total. The van der Waals surface area contributed by atoms with Crippen molar-refractivity contribution in [3.63, 3.8) is 0 Å². The summed E-state index contributed by atoms with van der Waals surface area (Å²) in [5.41, 5.74) is 2.81. The van der Waals surface area contributed by atoms with Crippen molar-refractivity contribution in [1.82, 2.24) is 0 Å². The Morgan fingerprint density at radius 3 is 2.50 bits per heavy atom. The van der Waals surface area contributed by atoms with Gasteiger partial charge in [-0.1, -0.05) is 48.6 Å². The number of hydrogen-bond donors (Lipinski definition) is 1. The van der Waals surface area contributed by atoms with Gasteiger partial charge >= 0.3 is 0 Å². The second-order valence-corrected chi connectivity index (χ2v) is 6.07. The lowest BCUT2D eigenvalue weighted by atomic mass is 10.1. The van der Waals surface area contributed by atoms with E-state index in [0.29, 0.717) is 4.88 Å². The number of hydrogen-bond acceptors (Lipinski definition) is 3. The van der Waals surface area contributed by atoms with Gasteiger partial charge in [0.2, 0.25) is 0 Å². The van der Waals surface area contributed by atoms with E-state index in [9.17, 15) is 4.79 Å². The predicted octanol–water partition coefficient (Wildman–Crippen LogP) is 5.18. The molecule has 24 heavy (non-hydrogen) atoms. The first kappa shape index (κ1) is 16.0. The molecule has 0 aliphatic rings. The molecular formula is C20H17NO2S. The van der Waals surface area contributed by atoms with Gasteiger partial charge in [0.25, 0.3) is 5.91 Å². The van der Waals surface area contributed by atoms with Crippen molar-refractivity contribution in [2.24, 2.45) is 0 Å². The summed E-state index contributed by atoms with van der Waals surface area (Å²) in [7, 11) is 1.65. The zero-order valence-corrected chi connectivity index (χ0v) is 14.0. The molecule has 0 saturated carbocycles.